The number of para-hydroxylation sites is 1. The minimum atomic E-state index is -3.76. The zero-order chi connectivity index (χ0) is 18.1. The lowest BCUT2D eigenvalue weighted by Crippen LogP contribution is -2.24. The predicted octanol–water partition coefficient (Wildman–Crippen LogP) is 1.83. The van der Waals surface area contributed by atoms with Gasteiger partial charge < -0.3 is 9.47 Å². The second-order valence-corrected chi connectivity index (χ2v) is 6.62. The first kappa shape index (κ1) is 18.5. The second-order valence-electron chi connectivity index (χ2n) is 4.85. The molecule has 2 aromatic carbocycles. The van der Waals surface area contributed by atoms with Crippen molar-refractivity contribution >= 4 is 16.0 Å². The van der Waals surface area contributed by atoms with Crippen molar-refractivity contribution in [2.45, 2.75) is 4.90 Å². The number of carbonyl (C=O) groups is 1. The molecule has 1 N–H and O–H groups in total. The van der Waals surface area contributed by atoms with Crippen molar-refractivity contribution in [2.75, 3.05) is 19.8 Å². The lowest BCUT2D eigenvalue weighted by atomic mass is 10.2. The lowest BCUT2D eigenvalue weighted by molar-refractivity contribution is 0.0450. The number of benzene rings is 2. The van der Waals surface area contributed by atoms with Crippen LogP contribution in [0.15, 0.2) is 59.5 Å². The van der Waals surface area contributed by atoms with Gasteiger partial charge in [0.2, 0.25) is 10.0 Å². The molecule has 7 heteroatoms. The Morgan fingerprint density at radius 2 is 1.84 bits per heavy atom. The highest BCUT2D eigenvalue weighted by Crippen LogP contribution is 2.13. The molecule has 0 radical (unpaired) electrons. The third-order valence-electron chi connectivity index (χ3n) is 3.07. The summed E-state index contributed by atoms with van der Waals surface area (Å²) in [6.07, 6.45) is 5.04. The highest BCUT2D eigenvalue weighted by atomic mass is 32.2. The summed E-state index contributed by atoms with van der Waals surface area (Å²) in [6.45, 7) is 0.103. The molecule has 0 unspecified atom stereocenters. The molecule has 25 heavy (non-hydrogen) atoms. The smallest absolute Gasteiger partial charge is 0.338 e. The maximum Gasteiger partial charge on any atom is 0.338 e. The number of esters is 1. The van der Waals surface area contributed by atoms with E-state index in [0.717, 1.165) is 0 Å². The minimum Gasteiger partial charge on any atom is -0.490 e. The van der Waals surface area contributed by atoms with Gasteiger partial charge in [-0.25, -0.2) is 13.2 Å². The van der Waals surface area contributed by atoms with E-state index in [9.17, 15) is 13.2 Å². The van der Waals surface area contributed by atoms with E-state index >= 15 is 0 Å². The van der Waals surface area contributed by atoms with Gasteiger partial charge >= 0.3 is 5.97 Å². The van der Waals surface area contributed by atoms with Crippen molar-refractivity contribution in [2.24, 2.45) is 0 Å². The molecule has 6 nitrogen and oxygen atoms in total. The Balaban J connectivity index is 1.91. The number of carbonyl (C=O) groups excluding carboxylic acids is 1. The molecular weight excluding hydrogens is 342 g/mol. The van der Waals surface area contributed by atoms with E-state index in [2.05, 4.69) is 10.6 Å². The van der Waals surface area contributed by atoms with Crippen LogP contribution in [-0.4, -0.2) is 34.1 Å². The summed E-state index contributed by atoms with van der Waals surface area (Å²) in [4.78, 5) is 12.0. The molecule has 0 amide bonds. The number of ether oxygens (including phenoxy) is 2. The SMILES string of the molecule is C#CCNS(=O)(=O)c1cccc(C(=O)OCCOc2ccccc2)c1. The average Bonchev–Trinajstić information content (AvgIpc) is 2.64. The van der Waals surface area contributed by atoms with Gasteiger partial charge in [-0.1, -0.05) is 30.2 Å². The van der Waals surface area contributed by atoms with E-state index in [1.807, 2.05) is 18.2 Å². The summed E-state index contributed by atoms with van der Waals surface area (Å²) in [5.74, 6) is 2.22. The summed E-state index contributed by atoms with van der Waals surface area (Å²) >= 11 is 0. The van der Waals surface area contributed by atoms with Crippen LogP contribution in [0.2, 0.25) is 0 Å². The second kappa shape index (κ2) is 8.87. The molecule has 0 saturated carbocycles. The van der Waals surface area contributed by atoms with Crippen molar-refractivity contribution in [1.82, 2.24) is 4.72 Å². The first-order chi connectivity index (χ1) is 12.0. The van der Waals surface area contributed by atoms with Crippen molar-refractivity contribution in [3.8, 4) is 18.1 Å². The van der Waals surface area contributed by atoms with Crippen molar-refractivity contribution < 1.29 is 22.7 Å². The molecule has 0 aromatic heterocycles. The average molecular weight is 359 g/mol. The van der Waals surface area contributed by atoms with Crippen molar-refractivity contribution in [1.29, 1.82) is 0 Å². The summed E-state index contributed by atoms with van der Waals surface area (Å²) in [5.41, 5.74) is 0.128. The molecule has 130 valence electrons. The zero-order valence-electron chi connectivity index (χ0n) is 13.3. The van der Waals surface area contributed by atoms with E-state index in [1.165, 1.54) is 24.3 Å². The Bertz CT molecular complexity index is 857. The van der Waals surface area contributed by atoms with Crippen molar-refractivity contribution in [3.05, 3.63) is 60.2 Å². The van der Waals surface area contributed by atoms with Gasteiger partial charge in [-0.15, -0.1) is 6.42 Å². The van der Waals surface area contributed by atoms with E-state index in [1.54, 1.807) is 12.1 Å². The molecule has 0 saturated heterocycles. The van der Waals surface area contributed by atoms with Crippen LogP contribution in [0.1, 0.15) is 10.4 Å². The maximum absolute atomic E-state index is 12.0. The molecule has 2 rings (SSSR count). The highest BCUT2D eigenvalue weighted by Gasteiger charge is 2.16. The Kier molecular flexibility index (Phi) is 6.57. The van der Waals surface area contributed by atoms with Crippen LogP contribution in [-0.2, 0) is 14.8 Å². The fourth-order valence-electron chi connectivity index (χ4n) is 1.90. The topological polar surface area (TPSA) is 81.7 Å². The Morgan fingerprint density at radius 3 is 2.56 bits per heavy atom. The molecule has 0 heterocycles. The van der Waals surface area contributed by atoms with Crippen LogP contribution in [0.3, 0.4) is 0 Å². The van der Waals surface area contributed by atoms with Gasteiger partial charge in [-0.3, -0.25) is 0 Å². The van der Waals surface area contributed by atoms with E-state index in [0.29, 0.717) is 5.75 Å². The number of hydrogen-bond acceptors (Lipinski definition) is 5. The summed E-state index contributed by atoms with van der Waals surface area (Å²) in [5, 5.41) is 0. The number of rotatable bonds is 8. The zero-order valence-corrected chi connectivity index (χ0v) is 14.2. The standard InChI is InChI=1S/C18H17NO5S/c1-2-11-19-25(21,22)17-10-6-7-15(14-17)18(20)24-13-12-23-16-8-4-3-5-9-16/h1,3-10,14,19H,11-13H2. The first-order valence-electron chi connectivity index (χ1n) is 7.41. The van der Waals surface area contributed by atoms with Crippen LogP contribution in [0, 0.1) is 12.3 Å². The molecule has 0 aliphatic rings. The van der Waals surface area contributed by atoms with Gasteiger partial charge in [0.15, 0.2) is 0 Å². The molecule has 0 aliphatic heterocycles. The number of nitrogens with one attached hydrogen (secondary N) is 1. The molecule has 0 spiro atoms. The summed E-state index contributed by atoms with van der Waals surface area (Å²) in [7, 11) is -3.76. The third kappa shape index (κ3) is 5.64. The van der Waals surface area contributed by atoms with Gasteiger partial charge in [-0.05, 0) is 30.3 Å². The Hall–Kier alpha value is -2.82. The van der Waals surface area contributed by atoms with Gasteiger partial charge in [0.05, 0.1) is 17.0 Å². The number of sulfonamides is 1. The van der Waals surface area contributed by atoms with Gasteiger partial charge in [0.1, 0.15) is 19.0 Å². The number of terminal acetylenes is 1. The molecule has 0 fully saturated rings. The van der Waals surface area contributed by atoms with E-state index < -0.39 is 16.0 Å². The normalized spacial score (nSPS) is 10.7. The van der Waals surface area contributed by atoms with E-state index in [-0.39, 0.29) is 30.2 Å². The maximum atomic E-state index is 12.0. The number of hydrogen-bond donors (Lipinski definition) is 1. The molecular formula is C18H17NO5S. The van der Waals surface area contributed by atoms with Gasteiger partial charge in [0, 0.05) is 0 Å². The fourth-order valence-corrected chi connectivity index (χ4v) is 2.88. The van der Waals surface area contributed by atoms with Crippen LogP contribution >= 0.6 is 0 Å². The molecule has 0 aliphatic carbocycles. The fraction of sp³-hybridized carbons (Fsp3) is 0.167. The van der Waals surface area contributed by atoms with Crippen LogP contribution < -0.4 is 9.46 Å². The van der Waals surface area contributed by atoms with E-state index in [4.69, 9.17) is 15.9 Å². The molecule has 0 bridgehead atoms. The molecule has 0 atom stereocenters. The highest BCUT2D eigenvalue weighted by molar-refractivity contribution is 7.89. The lowest BCUT2D eigenvalue weighted by Gasteiger charge is -2.08. The molecule has 2 aromatic rings. The van der Waals surface area contributed by atoms with Crippen LogP contribution in [0.5, 0.6) is 5.75 Å². The quantitative estimate of drug-likeness (QED) is 0.442. The van der Waals surface area contributed by atoms with Gasteiger partial charge in [-0.2, -0.15) is 4.72 Å². The predicted molar refractivity (Wildman–Crippen MR) is 92.7 cm³/mol. The van der Waals surface area contributed by atoms with Crippen molar-refractivity contribution in [3.63, 3.8) is 0 Å². The third-order valence-corrected chi connectivity index (χ3v) is 4.47. The van der Waals surface area contributed by atoms with Gasteiger partial charge in [0.25, 0.3) is 0 Å². The monoisotopic (exact) mass is 359 g/mol. The summed E-state index contributed by atoms with van der Waals surface area (Å²) < 4.78 is 36.7. The summed E-state index contributed by atoms with van der Waals surface area (Å²) in [6, 6.07) is 14.7. The Labute approximate surface area is 146 Å². The first-order valence-corrected chi connectivity index (χ1v) is 8.89. The van der Waals surface area contributed by atoms with Crippen LogP contribution in [0.4, 0.5) is 0 Å². The Morgan fingerprint density at radius 1 is 1.08 bits per heavy atom. The largest absolute Gasteiger partial charge is 0.490 e. The minimum absolute atomic E-state index is 0.0417. The van der Waals surface area contributed by atoms with Crippen LogP contribution in [0.25, 0.3) is 0 Å².